The summed E-state index contributed by atoms with van der Waals surface area (Å²) in [7, 11) is 0. The van der Waals surface area contributed by atoms with E-state index in [1.807, 2.05) is 0 Å². The second-order valence-corrected chi connectivity index (χ2v) is 6.42. The van der Waals surface area contributed by atoms with Crippen molar-refractivity contribution in [2.24, 2.45) is 0 Å². The number of aliphatic hydroxyl groups excluding tert-OH is 1. The number of rotatable bonds is 3. The van der Waals surface area contributed by atoms with Gasteiger partial charge in [-0.3, -0.25) is 9.78 Å². The maximum absolute atomic E-state index is 13.1. The molecule has 27 heavy (non-hydrogen) atoms. The highest BCUT2D eigenvalue weighted by Crippen LogP contribution is 2.32. The van der Waals surface area contributed by atoms with E-state index in [9.17, 15) is 23.1 Å². The fraction of sp³-hybridized carbons (Fsp3) is 0.188. The largest absolute Gasteiger partial charge is 0.435 e. The summed E-state index contributed by atoms with van der Waals surface area (Å²) in [5.74, 6) is -0.749. The summed E-state index contributed by atoms with van der Waals surface area (Å²) >= 11 is 11.9. The molecule has 0 aromatic carbocycles. The van der Waals surface area contributed by atoms with Crippen LogP contribution in [0, 0.1) is 0 Å². The van der Waals surface area contributed by atoms with Crippen LogP contribution in [0.2, 0.25) is 10.0 Å². The summed E-state index contributed by atoms with van der Waals surface area (Å²) in [4.78, 5) is 16.4. The molecule has 6 nitrogen and oxygen atoms in total. The molecule has 3 heterocycles. The quantitative estimate of drug-likeness (QED) is 0.661. The van der Waals surface area contributed by atoms with E-state index in [0.29, 0.717) is 0 Å². The monoisotopic (exact) mass is 418 g/mol. The highest BCUT2D eigenvalue weighted by Gasteiger charge is 2.35. The zero-order valence-corrected chi connectivity index (χ0v) is 15.1. The number of aromatic nitrogens is 3. The Kier molecular flexibility index (Phi) is 5.02. The predicted octanol–water partition coefficient (Wildman–Crippen LogP) is 4.36. The topological polar surface area (TPSA) is 79.5 Å². The van der Waals surface area contributed by atoms with Crippen molar-refractivity contribution in [3.63, 3.8) is 0 Å². The molecule has 0 saturated carbocycles. The maximum atomic E-state index is 13.1. The van der Waals surface area contributed by atoms with Gasteiger partial charge in [0.05, 0.1) is 38.6 Å². The lowest BCUT2D eigenvalue weighted by Gasteiger charge is -2.12. The van der Waals surface area contributed by atoms with Gasteiger partial charge in [-0.15, -0.1) is 0 Å². The Morgan fingerprint density at radius 1 is 1.26 bits per heavy atom. The van der Waals surface area contributed by atoms with Gasteiger partial charge in [0.25, 0.3) is 5.91 Å². The van der Waals surface area contributed by atoms with Crippen LogP contribution >= 0.6 is 23.2 Å². The lowest BCUT2D eigenvalue weighted by atomic mass is 10.1. The van der Waals surface area contributed by atoms with E-state index in [0.717, 1.165) is 10.6 Å². The molecule has 3 aromatic heterocycles. The van der Waals surface area contributed by atoms with Gasteiger partial charge in [0.2, 0.25) is 0 Å². The van der Waals surface area contributed by atoms with Gasteiger partial charge in [-0.2, -0.15) is 18.3 Å². The summed E-state index contributed by atoms with van der Waals surface area (Å²) in [5.41, 5.74) is -1.25. The number of alkyl halides is 3. The van der Waals surface area contributed by atoms with Crippen molar-refractivity contribution in [3.05, 3.63) is 57.6 Å². The Hall–Kier alpha value is -2.36. The molecule has 0 bridgehead atoms. The van der Waals surface area contributed by atoms with Crippen molar-refractivity contribution < 1.29 is 23.1 Å². The molecule has 3 aromatic rings. The molecule has 1 unspecified atom stereocenters. The number of carbonyl (C=O) groups excluding carboxylic acids is 1. The Labute approximate surface area is 160 Å². The van der Waals surface area contributed by atoms with Gasteiger partial charge >= 0.3 is 6.18 Å². The lowest BCUT2D eigenvalue weighted by molar-refractivity contribution is -0.141. The van der Waals surface area contributed by atoms with Crippen LogP contribution in [0.5, 0.6) is 0 Å². The molecule has 0 radical (unpaired) electrons. The lowest BCUT2D eigenvalue weighted by Crippen LogP contribution is -2.15. The number of carbonyl (C=O) groups is 1. The molecule has 0 fully saturated rings. The van der Waals surface area contributed by atoms with Gasteiger partial charge in [-0.05, 0) is 25.1 Å². The third-order valence-electron chi connectivity index (χ3n) is 3.71. The average molecular weight is 419 g/mol. The molecule has 0 aliphatic rings. The van der Waals surface area contributed by atoms with Crippen LogP contribution in [-0.2, 0) is 6.18 Å². The summed E-state index contributed by atoms with van der Waals surface area (Å²) in [6.07, 6.45) is -3.30. The Bertz CT molecular complexity index is 1010. The van der Waals surface area contributed by atoms with Crippen molar-refractivity contribution in [2.45, 2.75) is 19.2 Å². The van der Waals surface area contributed by atoms with Crippen molar-refractivity contribution in [1.29, 1.82) is 0 Å². The number of aliphatic hydroxyl groups is 1. The van der Waals surface area contributed by atoms with Gasteiger partial charge in [0.15, 0.2) is 5.69 Å². The third kappa shape index (κ3) is 3.71. The van der Waals surface area contributed by atoms with Crippen LogP contribution in [-0.4, -0.2) is 25.6 Å². The standard InChI is InChI=1S/C16H11Cl2F3N4O2/c1-7(26)11-3-2-8(12-4-13(16(19,20)21)24-25(11)12)15(27)23-14-9(17)5-22-6-10(14)18/h2-7,26H,1H3,(H,22,23,27). The SMILES string of the molecule is CC(O)c1ccc(C(=O)Nc2c(Cl)cncc2Cl)c2cc(C(F)(F)F)nn12. The second kappa shape index (κ2) is 6.99. The number of pyridine rings is 2. The van der Waals surface area contributed by atoms with Crippen LogP contribution < -0.4 is 5.32 Å². The smallest absolute Gasteiger partial charge is 0.387 e. The van der Waals surface area contributed by atoms with E-state index in [-0.39, 0.29) is 32.5 Å². The molecule has 0 aliphatic carbocycles. The molecule has 3 rings (SSSR count). The molecule has 2 N–H and O–H groups in total. The number of nitrogens with zero attached hydrogens (tertiary/aromatic N) is 3. The first-order valence-electron chi connectivity index (χ1n) is 7.48. The van der Waals surface area contributed by atoms with Gasteiger partial charge in [-0.1, -0.05) is 23.2 Å². The highest BCUT2D eigenvalue weighted by molar-refractivity contribution is 6.39. The molecule has 1 atom stereocenters. The second-order valence-electron chi connectivity index (χ2n) is 5.60. The van der Waals surface area contributed by atoms with Crippen LogP contribution in [0.4, 0.5) is 18.9 Å². The highest BCUT2D eigenvalue weighted by atomic mass is 35.5. The minimum absolute atomic E-state index is 0.0666. The van der Waals surface area contributed by atoms with Crippen molar-refractivity contribution in [3.8, 4) is 0 Å². The Morgan fingerprint density at radius 2 is 1.89 bits per heavy atom. The van der Waals surface area contributed by atoms with E-state index >= 15 is 0 Å². The van der Waals surface area contributed by atoms with E-state index in [1.165, 1.54) is 31.5 Å². The fourth-order valence-corrected chi connectivity index (χ4v) is 2.91. The Balaban J connectivity index is 2.12. The van der Waals surface area contributed by atoms with Crippen molar-refractivity contribution >= 4 is 40.3 Å². The van der Waals surface area contributed by atoms with Gasteiger partial charge in [0, 0.05) is 12.4 Å². The summed E-state index contributed by atoms with van der Waals surface area (Å²) in [6, 6.07) is 3.34. The zero-order valence-electron chi connectivity index (χ0n) is 13.6. The molecule has 1 amide bonds. The number of hydrogen-bond donors (Lipinski definition) is 2. The average Bonchev–Trinajstić information content (AvgIpc) is 3.02. The summed E-state index contributed by atoms with van der Waals surface area (Å²) in [5, 5.41) is 15.9. The predicted molar refractivity (Wildman–Crippen MR) is 93.0 cm³/mol. The number of fused-ring (bicyclic) bond motifs is 1. The number of hydrogen-bond acceptors (Lipinski definition) is 4. The fourth-order valence-electron chi connectivity index (χ4n) is 2.45. The molecular weight excluding hydrogens is 408 g/mol. The number of amides is 1. The molecule has 0 aliphatic heterocycles. The zero-order chi connectivity index (χ0) is 19.9. The summed E-state index contributed by atoms with van der Waals surface area (Å²) < 4.78 is 40.1. The van der Waals surface area contributed by atoms with Crippen LogP contribution in [0.15, 0.2) is 30.6 Å². The third-order valence-corrected chi connectivity index (χ3v) is 4.28. The summed E-state index contributed by atoms with van der Waals surface area (Å²) in [6.45, 7) is 1.37. The van der Waals surface area contributed by atoms with E-state index in [4.69, 9.17) is 23.2 Å². The van der Waals surface area contributed by atoms with Crippen LogP contribution in [0.1, 0.15) is 34.8 Å². The normalized spacial score (nSPS) is 13.0. The van der Waals surface area contributed by atoms with Gasteiger partial charge < -0.3 is 10.4 Å². The van der Waals surface area contributed by atoms with Crippen LogP contribution in [0.3, 0.4) is 0 Å². The minimum atomic E-state index is -4.71. The van der Waals surface area contributed by atoms with E-state index in [2.05, 4.69) is 15.4 Å². The molecule has 142 valence electrons. The number of nitrogens with one attached hydrogen (secondary N) is 1. The van der Waals surface area contributed by atoms with Crippen molar-refractivity contribution in [1.82, 2.24) is 14.6 Å². The van der Waals surface area contributed by atoms with E-state index < -0.39 is 23.9 Å². The number of halogens is 5. The maximum Gasteiger partial charge on any atom is 0.435 e. The molecular formula is C16H11Cl2F3N4O2. The first kappa shape index (κ1) is 19.4. The molecule has 0 spiro atoms. The van der Waals surface area contributed by atoms with Gasteiger partial charge in [0.1, 0.15) is 0 Å². The first-order chi connectivity index (χ1) is 12.6. The first-order valence-corrected chi connectivity index (χ1v) is 8.23. The van der Waals surface area contributed by atoms with Crippen LogP contribution in [0.25, 0.3) is 5.52 Å². The molecule has 11 heteroatoms. The number of anilines is 1. The van der Waals surface area contributed by atoms with Gasteiger partial charge in [-0.25, -0.2) is 4.52 Å². The Morgan fingerprint density at radius 3 is 2.44 bits per heavy atom. The minimum Gasteiger partial charge on any atom is -0.387 e. The van der Waals surface area contributed by atoms with E-state index in [1.54, 1.807) is 0 Å². The molecule has 0 saturated heterocycles. The van der Waals surface area contributed by atoms with Crippen molar-refractivity contribution in [2.75, 3.05) is 5.32 Å².